The van der Waals surface area contributed by atoms with Crippen molar-refractivity contribution in [1.82, 2.24) is 4.90 Å². The van der Waals surface area contributed by atoms with E-state index in [2.05, 4.69) is 16.8 Å². The number of anilines is 1. The molecule has 5 heteroatoms. The second-order valence-corrected chi connectivity index (χ2v) is 4.78. The Balaban J connectivity index is 1.96. The number of benzene rings is 1. The highest BCUT2D eigenvalue weighted by molar-refractivity contribution is 5.61. The minimum absolute atomic E-state index is 0.149. The van der Waals surface area contributed by atoms with Gasteiger partial charge in [0, 0.05) is 31.7 Å². The van der Waals surface area contributed by atoms with Crippen molar-refractivity contribution in [3.8, 4) is 0 Å². The predicted molar refractivity (Wildman–Crippen MR) is 76.4 cm³/mol. The third kappa shape index (κ3) is 3.54. The minimum Gasteiger partial charge on any atom is -0.377 e. The highest BCUT2D eigenvalue weighted by Crippen LogP contribution is 2.26. The van der Waals surface area contributed by atoms with Crippen molar-refractivity contribution in [1.29, 1.82) is 0 Å². The van der Waals surface area contributed by atoms with Crippen molar-refractivity contribution in [2.24, 2.45) is 0 Å². The first-order chi connectivity index (χ1) is 9.20. The van der Waals surface area contributed by atoms with Crippen LogP contribution in [0, 0.1) is 10.1 Å². The van der Waals surface area contributed by atoms with E-state index in [1.165, 1.54) is 6.07 Å². The Bertz CT molecular complexity index is 454. The van der Waals surface area contributed by atoms with Gasteiger partial charge in [0.1, 0.15) is 5.69 Å². The summed E-state index contributed by atoms with van der Waals surface area (Å²) in [6.07, 6.45) is 3.91. The van der Waals surface area contributed by atoms with E-state index in [0.717, 1.165) is 32.5 Å². The lowest BCUT2D eigenvalue weighted by Crippen LogP contribution is -2.39. The summed E-state index contributed by atoms with van der Waals surface area (Å²) in [5.74, 6) is 0. The molecule has 19 heavy (non-hydrogen) atoms. The van der Waals surface area contributed by atoms with Gasteiger partial charge in [0.05, 0.1) is 4.92 Å². The number of nitro benzene ring substituents is 1. The number of hydrogen-bond donors (Lipinski definition) is 1. The fraction of sp³-hybridized carbons (Fsp3) is 0.429. The smallest absolute Gasteiger partial charge is 0.292 e. The summed E-state index contributed by atoms with van der Waals surface area (Å²) in [4.78, 5) is 12.9. The summed E-state index contributed by atoms with van der Waals surface area (Å²) in [6.45, 7) is 6.66. The maximum Gasteiger partial charge on any atom is 0.292 e. The van der Waals surface area contributed by atoms with Gasteiger partial charge in [0.15, 0.2) is 0 Å². The van der Waals surface area contributed by atoms with Gasteiger partial charge in [-0.1, -0.05) is 18.2 Å². The third-order valence-corrected chi connectivity index (χ3v) is 3.44. The molecular formula is C14H19N3O2. The molecule has 0 amide bonds. The van der Waals surface area contributed by atoms with Gasteiger partial charge in [-0.2, -0.15) is 0 Å². The zero-order valence-corrected chi connectivity index (χ0v) is 10.9. The molecule has 2 rings (SSSR count). The summed E-state index contributed by atoms with van der Waals surface area (Å²) in [7, 11) is 0. The molecule has 0 aliphatic carbocycles. The molecule has 1 aliphatic heterocycles. The summed E-state index contributed by atoms with van der Waals surface area (Å²) in [5, 5.41) is 14.2. The maximum atomic E-state index is 10.9. The Morgan fingerprint density at radius 3 is 2.74 bits per heavy atom. The molecule has 1 saturated heterocycles. The molecule has 0 spiro atoms. The van der Waals surface area contributed by atoms with E-state index in [1.54, 1.807) is 12.1 Å². The Morgan fingerprint density at radius 2 is 2.11 bits per heavy atom. The van der Waals surface area contributed by atoms with Crippen molar-refractivity contribution in [2.75, 3.05) is 25.0 Å². The fourth-order valence-electron chi connectivity index (χ4n) is 2.42. The normalized spacial score (nSPS) is 17.1. The number of likely N-dealkylation sites (tertiary alicyclic amines) is 1. The SMILES string of the molecule is C=CCN1CCC(Nc2ccccc2[N+](=O)[O-])CC1. The van der Waals surface area contributed by atoms with Crippen LogP contribution in [-0.2, 0) is 0 Å². The molecule has 1 aliphatic rings. The quantitative estimate of drug-likeness (QED) is 0.503. The molecule has 0 aromatic heterocycles. The van der Waals surface area contributed by atoms with E-state index in [-0.39, 0.29) is 10.6 Å². The summed E-state index contributed by atoms with van der Waals surface area (Å²) in [6, 6.07) is 7.13. The van der Waals surface area contributed by atoms with Crippen LogP contribution in [-0.4, -0.2) is 35.5 Å². The fourth-order valence-corrected chi connectivity index (χ4v) is 2.42. The number of piperidine rings is 1. The Hall–Kier alpha value is -1.88. The van der Waals surface area contributed by atoms with E-state index < -0.39 is 0 Å². The van der Waals surface area contributed by atoms with E-state index in [1.807, 2.05) is 12.1 Å². The van der Waals surface area contributed by atoms with Gasteiger partial charge in [0.25, 0.3) is 5.69 Å². The van der Waals surface area contributed by atoms with Crippen molar-refractivity contribution in [2.45, 2.75) is 18.9 Å². The van der Waals surface area contributed by atoms with Gasteiger partial charge in [-0.3, -0.25) is 15.0 Å². The number of para-hydroxylation sites is 2. The Morgan fingerprint density at radius 1 is 1.42 bits per heavy atom. The molecule has 0 radical (unpaired) electrons. The number of nitrogens with one attached hydrogen (secondary N) is 1. The largest absolute Gasteiger partial charge is 0.377 e. The van der Waals surface area contributed by atoms with Crippen LogP contribution in [0.25, 0.3) is 0 Å². The van der Waals surface area contributed by atoms with Crippen LogP contribution in [0.3, 0.4) is 0 Å². The minimum atomic E-state index is -0.338. The van der Waals surface area contributed by atoms with Crippen molar-refractivity contribution in [3.05, 3.63) is 47.0 Å². The third-order valence-electron chi connectivity index (χ3n) is 3.44. The molecule has 0 bridgehead atoms. The second-order valence-electron chi connectivity index (χ2n) is 4.78. The first kappa shape index (κ1) is 13.5. The van der Waals surface area contributed by atoms with Crippen molar-refractivity contribution in [3.63, 3.8) is 0 Å². The number of nitrogens with zero attached hydrogens (tertiary/aromatic N) is 2. The van der Waals surface area contributed by atoms with Crippen molar-refractivity contribution < 1.29 is 4.92 Å². The molecule has 0 unspecified atom stereocenters. The van der Waals surface area contributed by atoms with E-state index in [4.69, 9.17) is 0 Å². The lowest BCUT2D eigenvalue weighted by atomic mass is 10.0. The molecular weight excluding hydrogens is 242 g/mol. The van der Waals surface area contributed by atoms with Crippen LogP contribution < -0.4 is 5.32 Å². The highest BCUT2D eigenvalue weighted by atomic mass is 16.6. The van der Waals surface area contributed by atoms with Crippen LogP contribution >= 0.6 is 0 Å². The lowest BCUT2D eigenvalue weighted by molar-refractivity contribution is -0.384. The summed E-state index contributed by atoms with van der Waals surface area (Å²) >= 11 is 0. The van der Waals surface area contributed by atoms with Gasteiger partial charge >= 0.3 is 0 Å². The van der Waals surface area contributed by atoms with Gasteiger partial charge in [-0.05, 0) is 18.9 Å². The van der Waals surface area contributed by atoms with Gasteiger partial charge in [-0.25, -0.2) is 0 Å². The number of rotatable bonds is 5. The van der Waals surface area contributed by atoms with Gasteiger partial charge in [-0.15, -0.1) is 6.58 Å². The molecule has 102 valence electrons. The summed E-state index contributed by atoms with van der Waals surface area (Å²) in [5.41, 5.74) is 0.769. The molecule has 1 aromatic rings. The molecule has 5 nitrogen and oxygen atoms in total. The zero-order chi connectivity index (χ0) is 13.7. The molecule has 1 fully saturated rings. The van der Waals surface area contributed by atoms with Gasteiger partial charge in [0.2, 0.25) is 0 Å². The van der Waals surface area contributed by atoms with Crippen LogP contribution in [0.2, 0.25) is 0 Å². The molecule has 1 aromatic carbocycles. The van der Waals surface area contributed by atoms with Gasteiger partial charge < -0.3 is 5.32 Å². The van der Waals surface area contributed by atoms with Crippen LogP contribution in [0.5, 0.6) is 0 Å². The summed E-state index contributed by atoms with van der Waals surface area (Å²) < 4.78 is 0. The molecule has 0 saturated carbocycles. The van der Waals surface area contributed by atoms with Crippen molar-refractivity contribution >= 4 is 11.4 Å². The van der Waals surface area contributed by atoms with Crippen LogP contribution in [0.1, 0.15) is 12.8 Å². The molecule has 1 N–H and O–H groups in total. The second kappa shape index (κ2) is 6.33. The van der Waals surface area contributed by atoms with E-state index in [0.29, 0.717) is 11.7 Å². The Kier molecular flexibility index (Phi) is 4.52. The average Bonchev–Trinajstić information content (AvgIpc) is 2.42. The first-order valence-electron chi connectivity index (χ1n) is 6.54. The van der Waals surface area contributed by atoms with Crippen LogP contribution in [0.15, 0.2) is 36.9 Å². The topological polar surface area (TPSA) is 58.4 Å². The standard InChI is InChI=1S/C14H19N3O2/c1-2-9-16-10-7-12(8-11-16)15-13-5-3-4-6-14(13)17(18)19/h2-6,12,15H,1,7-11H2. The van der Waals surface area contributed by atoms with E-state index in [9.17, 15) is 10.1 Å². The Labute approximate surface area is 113 Å². The predicted octanol–water partition coefficient (Wildman–Crippen LogP) is 2.66. The van der Waals surface area contributed by atoms with Crippen LogP contribution in [0.4, 0.5) is 11.4 Å². The molecule has 0 atom stereocenters. The average molecular weight is 261 g/mol. The maximum absolute atomic E-state index is 10.9. The monoisotopic (exact) mass is 261 g/mol. The number of nitro groups is 1. The first-order valence-corrected chi connectivity index (χ1v) is 6.54. The highest BCUT2D eigenvalue weighted by Gasteiger charge is 2.21. The lowest BCUT2D eigenvalue weighted by Gasteiger charge is -2.31. The molecule has 1 heterocycles. The van der Waals surface area contributed by atoms with E-state index >= 15 is 0 Å². The zero-order valence-electron chi connectivity index (χ0n) is 10.9. The number of hydrogen-bond acceptors (Lipinski definition) is 4.